The van der Waals surface area contributed by atoms with Gasteiger partial charge in [-0.2, -0.15) is 0 Å². The Hall–Kier alpha value is -2.95. The molecular weight excluding hydrogens is 330 g/mol. The molecule has 136 valence electrons. The quantitative estimate of drug-likeness (QED) is 0.775. The summed E-state index contributed by atoms with van der Waals surface area (Å²) >= 11 is 0. The Morgan fingerprint density at radius 3 is 2.96 bits per heavy atom. The predicted octanol–water partition coefficient (Wildman–Crippen LogP) is 3.44. The number of hydrogen-bond acceptors (Lipinski definition) is 4. The van der Waals surface area contributed by atoms with Crippen molar-refractivity contribution in [3.05, 3.63) is 66.2 Å². The van der Waals surface area contributed by atoms with E-state index in [9.17, 15) is 4.79 Å². The van der Waals surface area contributed by atoms with E-state index in [1.165, 1.54) is 0 Å². The number of ether oxygens (including phenoxy) is 3. The molecule has 1 heterocycles. The smallest absolute Gasteiger partial charge is 0.258 e. The van der Waals surface area contributed by atoms with Gasteiger partial charge in [0.05, 0.1) is 19.8 Å². The van der Waals surface area contributed by atoms with Gasteiger partial charge in [-0.05, 0) is 30.2 Å². The van der Waals surface area contributed by atoms with E-state index in [4.69, 9.17) is 14.2 Å². The van der Waals surface area contributed by atoms with E-state index in [1.807, 2.05) is 48.5 Å². The summed E-state index contributed by atoms with van der Waals surface area (Å²) in [6.07, 6.45) is 3.32. The Labute approximate surface area is 153 Å². The molecule has 0 aromatic heterocycles. The van der Waals surface area contributed by atoms with Gasteiger partial charge in [-0.3, -0.25) is 4.79 Å². The fourth-order valence-electron chi connectivity index (χ4n) is 3.00. The van der Waals surface area contributed by atoms with E-state index in [0.29, 0.717) is 18.1 Å². The third-order valence-corrected chi connectivity index (χ3v) is 4.26. The monoisotopic (exact) mass is 353 g/mol. The molecule has 0 spiro atoms. The first-order chi connectivity index (χ1) is 12.7. The SMILES string of the molecule is C=CCc1ccc(OCC(=O)NC2CCOc3ccccc32)c(OC)c1. The van der Waals surface area contributed by atoms with Gasteiger partial charge in [0.1, 0.15) is 5.75 Å². The van der Waals surface area contributed by atoms with E-state index in [2.05, 4.69) is 11.9 Å². The molecule has 0 saturated heterocycles. The first kappa shape index (κ1) is 17.9. The summed E-state index contributed by atoms with van der Waals surface area (Å²) in [5.41, 5.74) is 2.07. The van der Waals surface area contributed by atoms with Crippen LogP contribution < -0.4 is 19.5 Å². The van der Waals surface area contributed by atoms with E-state index >= 15 is 0 Å². The highest BCUT2D eigenvalue weighted by Gasteiger charge is 2.22. The van der Waals surface area contributed by atoms with Crippen molar-refractivity contribution in [2.24, 2.45) is 0 Å². The number of benzene rings is 2. The Kier molecular flexibility index (Phi) is 5.79. The van der Waals surface area contributed by atoms with Crippen LogP contribution in [0.5, 0.6) is 17.2 Å². The summed E-state index contributed by atoms with van der Waals surface area (Å²) in [6, 6.07) is 13.3. The molecule has 1 atom stereocenters. The zero-order chi connectivity index (χ0) is 18.4. The zero-order valence-corrected chi connectivity index (χ0v) is 14.9. The van der Waals surface area contributed by atoms with Crippen LogP contribution in [0.25, 0.3) is 0 Å². The summed E-state index contributed by atoms with van der Waals surface area (Å²) in [7, 11) is 1.58. The minimum atomic E-state index is -0.177. The highest BCUT2D eigenvalue weighted by atomic mass is 16.5. The third kappa shape index (κ3) is 4.17. The normalized spacial score (nSPS) is 15.3. The van der Waals surface area contributed by atoms with Gasteiger partial charge >= 0.3 is 0 Å². The lowest BCUT2D eigenvalue weighted by atomic mass is 10.0. The molecule has 0 bridgehead atoms. The van der Waals surface area contributed by atoms with Crippen molar-refractivity contribution in [2.75, 3.05) is 20.3 Å². The molecule has 1 N–H and O–H groups in total. The van der Waals surface area contributed by atoms with Crippen molar-refractivity contribution in [1.82, 2.24) is 5.32 Å². The summed E-state index contributed by atoms with van der Waals surface area (Å²) in [4.78, 5) is 12.3. The molecule has 2 aromatic carbocycles. The molecule has 1 amide bonds. The van der Waals surface area contributed by atoms with Crippen LogP contribution in [0.3, 0.4) is 0 Å². The second-order valence-electron chi connectivity index (χ2n) is 6.06. The molecule has 1 unspecified atom stereocenters. The molecule has 1 aliphatic heterocycles. The average Bonchev–Trinajstić information content (AvgIpc) is 2.67. The van der Waals surface area contributed by atoms with Crippen molar-refractivity contribution in [3.63, 3.8) is 0 Å². The minimum Gasteiger partial charge on any atom is -0.493 e. The molecular formula is C21H23NO4. The number of carbonyl (C=O) groups excluding carboxylic acids is 1. The lowest BCUT2D eigenvalue weighted by molar-refractivity contribution is -0.124. The highest BCUT2D eigenvalue weighted by Crippen LogP contribution is 2.32. The molecule has 26 heavy (non-hydrogen) atoms. The zero-order valence-electron chi connectivity index (χ0n) is 14.9. The van der Waals surface area contributed by atoms with Gasteiger partial charge in [-0.15, -0.1) is 6.58 Å². The number of nitrogens with one attached hydrogen (secondary N) is 1. The molecule has 0 saturated carbocycles. The molecule has 5 heteroatoms. The van der Waals surface area contributed by atoms with Gasteiger partial charge in [0.15, 0.2) is 18.1 Å². The number of methoxy groups -OCH3 is 1. The van der Waals surface area contributed by atoms with E-state index in [-0.39, 0.29) is 18.6 Å². The number of para-hydroxylation sites is 1. The molecule has 5 nitrogen and oxygen atoms in total. The van der Waals surface area contributed by atoms with Crippen molar-refractivity contribution in [2.45, 2.75) is 18.9 Å². The molecule has 1 aliphatic rings. The van der Waals surface area contributed by atoms with Gasteiger partial charge in [0.2, 0.25) is 0 Å². The summed E-state index contributed by atoms with van der Waals surface area (Å²) in [5, 5.41) is 3.02. The van der Waals surface area contributed by atoms with Crippen LogP contribution in [-0.4, -0.2) is 26.2 Å². The summed E-state index contributed by atoms with van der Waals surface area (Å²) < 4.78 is 16.6. The number of hydrogen-bond donors (Lipinski definition) is 1. The number of carbonyl (C=O) groups is 1. The first-order valence-electron chi connectivity index (χ1n) is 8.63. The average molecular weight is 353 g/mol. The fraction of sp³-hybridized carbons (Fsp3) is 0.286. The Morgan fingerprint density at radius 2 is 2.15 bits per heavy atom. The standard InChI is InChI=1S/C21H23NO4/c1-3-6-15-9-10-19(20(13-15)24-2)26-14-21(23)22-17-11-12-25-18-8-5-4-7-16(17)18/h3-5,7-10,13,17H,1,6,11-12,14H2,2H3,(H,22,23). The largest absolute Gasteiger partial charge is 0.493 e. The fourth-order valence-corrected chi connectivity index (χ4v) is 3.00. The van der Waals surface area contributed by atoms with Crippen molar-refractivity contribution >= 4 is 5.91 Å². The van der Waals surface area contributed by atoms with Crippen LogP contribution in [0, 0.1) is 0 Å². The van der Waals surface area contributed by atoms with Crippen LogP contribution in [0.15, 0.2) is 55.1 Å². The maximum absolute atomic E-state index is 12.3. The number of amides is 1. The maximum Gasteiger partial charge on any atom is 0.258 e. The number of allylic oxidation sites excluding steroid dienone is 1. The molecule has 0 fully saturated rings. The highest BCUT2D eigenvalue weighted by molar-refractivity contribution is 5.78. The van der Waals surface area contributed by atoms with Crippen LogP contribution in [0.2, 0.25) is 0 Å². The Bertz CT molecular complexity index is 787. The van der Waals surface area contributed by atoms with Gasteiger partial charge in [-0.25, -0.2) is 0 Å². The lowest BCUT2D eigenvalue weighted by Gasteiger charge is -2.26. The predicted molar refractivity (Wildman–Crippen MR) is 99.8 cm³/mol. The number of fused-ring (bicyclic) bond motifs is 1. The van der Waals surface area contributed by atoms with Crippen LogP contribution in [0.4, 0.5) is 0 Å². The summed E-state index contributed by atoms with van der Waals surface area (Å²) in [5.74, 6) is 1.80. The molecule has 3 rings (SSSR count). The third-order valence-electron chi connectivity index (χ3n) is 4.26. The van der Waals surface area contributed by atoms with Gasteiger partial charge < -0.3 is 19.5 Å². The maximum atomic E-state index is 12.3. The molecule has 0 aliphatic carbocycles. The topological polar surface area (TPSA) is 56.8 Å². The number of rotatable bonds is 7. The Morgan fingerprint density at radius 1 is 1.31 bits per heavy atom. The second kappa shape index (κ2) is 8.43. The molecule has 0 radical (unpaired) electrons. The van der Waals surface area contributed by atoms with Crippen molar-refractivity contribution in [1.29, 1.82) is 0 Å². The van der Waals surface area contributed by atoms with Crippen LogP contribution in [0.1, 0.15) is 23.6 Å². The van der Waals surface area contributed by atoms with E-state index in [1.54, 1.807) is 7.11 Å². The van der Waals surface area contributed by atoms with E-state index < -0.39 is 0 Å². The summed E-state index contributed by atoms with van der Waals surface area (Å²) in [6.45, 7) is 4.24. The van der Waals surface area contributed by atoms with Crippen molar-refractivity contribution in [3.8, 4) is 17.2 Å². The Balaban J connectivity index is 1.61. The van der Waals surface area contributed by atoms with Gasteiger partial charge in [0.25, 0.3) is 5.91 Å². The van der Waals surface area contributed by atoms with Crippen LogP contribution in [-0.2, 0) is 11.2 Å². The second-order valence-corrected chi connectivity index (χ2v) is 6.06. The van der Waals surface area contributed by atoms with Gasteiger partial charge in [-0.1, -0.05) is 30.3 Å². The van der Waals surface area contributed by atoms with Crippen molar-refractivity contribution < 1.29 is 19.0 Å². The minimum absolute atomic E-state index is 0.0621. The first-order valence-corrected chi connectivity index (χ1v) is 8.63. The van der Waals surface area contributed by atoms with Crippen LogP contribution >= 0.6 is 0 Å². The van der Waals surface area contributed by atoms with E-state index in [0.717, 1.165) is 29.7 Å². The van der Waals surface area contributed by atoms with Gasteiger partial charge in [0, 0.05) is 12.0 Å². The lowest BCUT2D eigenvalue weighted by Crippen LogP contribution is -2.35. The molecule has 2 aromatic rings.